The van der Waals surface area contributed by atoms with Gasteiger partial charge in [0, 0.05) is 10.5 Å². The van der Waals surface area contributed by atoms with Gasteiger partial charge in [0.2, 0.25) is 5.91 Å². The van der Waals surface area contributed by atoms with Gasteiger partial charge in [-0.15, -0.1) is 0 Å². The van der Waals surface area contributed by atoms with E-state index < -0.39 is 0 Å². The molecule has 0 aliphatic carbocycles. The molecule has 1 aromatic heterocycles. The third-order valence-corrected chi connectivity index (χ3v) is 4.35. The van der Waals surface area contributed by atoms with Crippen molar-refractivity contribution in [1.29, 1.82) is 0 Å². The number of benzene rings is 2. The number of hydrogen-bond acceptors (Lipinski definition) is 5. The molecule has 0 aliphatic heterocycles. The molecule has 2 aromatic carbocycles. The number of anilines is 1. The van der Waals surface area contributed by atoms with Gasteiger partial charge in [0.05, 0.1) is 18.5 Å². The summed E-state index contributed by atoms with van der Waals surface area (Å²) in [6.45, 7) is 4.01. The highest BCUT2D eigenvalue weighted by Gasteiger charge is 2.09. The third-order valence-electron chi connectivity index (χ3n) is 3.85. The molecule has 29 heavy (non-hydrogen) atoms. The van der Waals surface area contributed by atoms with Gasteiger partial charge in [0.25, 0.3) is 0 Å². The summed E-state index contributed by atoms with van der Waals surface area (Å²) in [6.07, 6.45) is 7.81. The molecular formula is C21H19BrN4O3. The second kappa shape index (κ2) is 9.70. The van der Waals surface area contributed by atoms with Gasteiger partial charge >= 0.3 is 0 Å². The minimum absolute atomic E-state index is 0.282. The van der Waals surface area contributed by atoms with Crippen molar-refractivity contribution in [2.75, 3.05) is 19.0 Å². The number of ether oxygens (including phenoxy) is 2. The molecule has 0 spiro atoms. The van der Waals surface area contributed by atoms with E-state index in [0.29, 0.717) is 29.5 Å². The van der Waals surface area contributed by atoms with Crippen molar-refractivity contribution in [3.05, 3.63) is 77.8 Å². The zero-order valence-electron chi connectivity index (χ0n) is 15.7. The molecule has 0 saturated heterocycles. The van der Waals surface area contributed by atoms with Crippen LogP contribution >= 0.6 is 15.9 Å². The van der Waals surface area contributed by atoms with E-state index in [1.165, 1.54) is 12.4 Å². The number of nitrogens with one attached hydrogen (secondary N) is 1. The Labute approximate surface area is 176 Å². The number of hydrogen-bond donors (Lipinski definition) is 1. The van der Waals surface area contributed by atoms with E-state index in [1.54, 1.807) is 48.5 Å². The number of methoxy groups -OCH3 is 1. The average Bonchev–Trinajstić information content (AvgIpc) is 3.25. The molecule has 1 amide bonds. The van der Waals surface area contributed by atoms with Crippen molar-refractivity contribution >= 4 is 33.6 Å². The first kappa shape index (κ1) is 20.3. The van der Waals surface area contributed by atoms with Gasteiger partial charge in [0.15, 0.2) is 11.5 Å². The SMILES string of the molecule is C=CCOc1ccc(C=CC(=O)Nc2cc(Br)ccc2-n2cncn2)cc1OC. The van der Waals surface area contributed by atoms with Crippen molar-refractivity contribution in [1.82, 2.24) is 14.8 Å². The van der Waals surface area contributed by atoms with Gasteiger partial charge < -0.3 is 14.8 Å². The molecule has 1 N–H and O–H groups in total. The standard InChI is InChI=1S/C21H19BrN4O3/c1-3-10-29-19-8-4-15(11-20(19)28-2)5-9-21(27)25-17-12-16(22)6-7-18(17)26-14-23-13-24-26/h3-9,11-14H,1,10H2,2H3,(H,25,27). The Morgan fingerprint density at radius 2 is 2.14 bits per heavy atom. The van der Waals surface area contributed by atoms with Crippen molar-refractivity contribution < 1.29 is 14.3 Å². The lowest BCUT2D eigenvalue weighted by Crippen LogP contribution is -2.11. The smallest absolute Gasteiger partial charge is 0.248 e. The van der Waals surface area contributed by atoms with Gasteiger partial charge in [-0.1, -0.05) is 34.7 Å². The Morgan fingerprint density at radius 1 is 1.28 bits per heavy atom. The van der Waals surface area contributed by atoms with Crippen molar-refractivity contribution in [2.45, 2.75) is 0 Å². The van der Waals surface area contributed by atoms with Crippen LogP contribution in [-0.4, -0.2) is 34.4 Å². The van der Waals surface area contributed by atoms with E-state index in [-0.39, 0.29) is 5.91 Å². The predicted octanol–water partition coefficient (Wildman–Crippen LogP) is 4.26. The second-order valence-electron chi connectivity index (χ2n) is 5.83. The number of aromatic nitrogens is 3. The first-order valence-corrected chi connectivity index (χ1v) is 9.45. The fraction of sp³-hybridized carbons (Fsp3) is 0.0952. The first-order chi connectivity index (χ1) is 14.1. The lowest BCUT2D eigenvalue weighted by atomic mass is 10.2. The van der Waals surface area contributed by atoms with E-state index in [1.807, 2.05) is 18.2 Å². The number of rotatable bonds is 8. The Kier molecular flexibility index (Phi) is 6.80. The fourth-order valence-electron chi connectivity index (χ4n) is 2.54. The Bertz CT molecular complexity index is 1030. The Hall–Kier alpha value is -3.39. The van der Waals surface area contributed by atoms with Crippen LogP contribution in [0, 0.1) is 0 Å². The monoisotopic (exact) mass is 454 g/mol. The van der Waals surface area contributed by atoms with E-state index in [2.05, 4.69) is 37.9 Å². The maximum atomic E-state index is 12.5. The van der Waals surface area contributed by atoms with Crippen molar-refractivity contribution in [2.24, 2.45) is 0 Å². The Morgan fingerprint density at radius 3 is 2.86 bits per heavy atom. The van der Waals surface area contributed by atoms with Crippen molar-refractivity contribution in [3.63, 3.8) is 0 Å². The molecule has 0 bridgehead atoms. The van der Waals surface area contributed by atoms with Crippen LogP contribution in [0.3, 0.4) is 0 Å². The zero-order valence-corrected chi connectivity index (χ0v) is 17.3. The summed E-state index contributed by atoms with van der Waals surface area (Å²) in [5, 5.41) is 6.98. The normalized spacial score (nSPS) is 10.7. The maximum absolute atomic E-state index is 12.5. The van der Waals surface area contributed by atoms with Gasteiger partial charge in [-0.05, 0) is 42.0 Å². The number of halogens is 1. The number of nitrogens with zero attached hydrogens (tertiary/aromatic N) is 3. The van der Waals surface area contributed by atoms with Gasteiger partial charge in [-0.25, -0.2) is 9.67 Å². The summed E-state index contributed by atoms with van der Waals surface area (Å²) in [7, 11) is 1.56. The zero-order chi connectivity index (χ0) is 20.6. The molecule has 148 valence electrons. The first-order valence-electron chi connectivity index (χ1n) is 8.66. The molecular weight excluding hydrogens is 436 g/mol. The van der Waals surface area contributed by atoms with Crippen LogP contribution in [0.25, 0.3) is 11.8 Å². The molecule has 0 unspecified atom stereocenters. The maximum Gasteiger partial charge on any atom is 0.248 e. The summed E-state index contributed by atoms with van der Waals surface area (Å²) in [5.41, 5.74) is 2.11. The average molecular weight is 455 g/mol. The summed E-state index contributed by atoms with van der Waals surface area (Å²) in [6, 6.07) is 10.9. The van der Waals surface area contributed by atoms with Crippen LogP contribution in [0.1, 0.15) is 5.56 Å². The Balaban J connectivity index is 1.75. The summed E-state index contributed by atoms with van der Waals surface area (Å²) in [5.74, 6) is 0.908. The van der Waals surface area contributed by atoms with Crippen LogP contribution in [0.5, 0.6) is 11.5 Å². The van der Waals surface area contributed by atoms with Crippen LogP contribution in [0.15, 0.2) is 72.3 Å². The van der Waals surface area contributed by atoms with Gasteiger partial charge in [0.1, 0.15) is 19.3 Å². The third kappa shape index (κ3) is 5.32. The van der Waals surface area contributed by atoms with Gasteiger partial charge in [-0.3, -0.25) is 4.79 Å². The molecule has 8 heteroatoms. The minimum Gasteiger partial charge on any atom is -0.493 e. The minimum atomic E-state index is -0.282. The molecule has 0 saturated carbocycles. The van der Waals surface area contributed by atoms with E-state index >= 15 is 0 Å². The van der Waals surface area contributed by atoms with E-state index in [4.69, 9.17) is 9.47 Å². The van der Waals surface area contributed by atoms with E-state index in [9.17, 15) is 4.79 Å². The summed E-state index contributed by atoms with van der Waals surface area (Å²) < 4.78 is 13.3. The molecule has 7 nitrogen and oxygen atoms in total. The second-order valence-corrected chi connectivity index (χ2v) is 6.75. The largest absolute Gasteiger partial charge is 0.493 e. The van der Waals surface area contributed by atoms with Crippen LogP contribution in [-0.2, 0) is 4.79 Å². The molecule has 3 aromatic rings. The molecule has 0 fully saturated rings. The number of carbonyl (C=O) groups is 1. The van der Waals surface area contributed by atoms with Crippen LogP contribution in [0.4, 0.5) is 5.69 Å². The topological polar surface area (TPSA) is 78.3 Å². The molecule has 0 atom stereocenters. The quantitative estimate of drug-likeness (QED) is 0.406. The fourth-order valence-corrected chi connectivity index (χ4v) is 2.90. The summed E-state index contributed by atoms with van der Waals surface area (Å²) >= 11 is 3.42. The number of amides is 1. The van der Waals surface area contributed by atoms with Crippen LogP contribution < -0.4 is 14.8 Å². The lowest BCUT2D eigenvalue weighted by Gasteiger charge is -2.10. The van der Waals surface area contributed by atoms with E-state index in [0.717, 1.165) is 10.0 Å². The molecule has 1 heterocycles. The highest BCUT2D eigenvalue weighted by atomic mass is 79.9. The summed E-state index contributed by atoms with van der Waals surface area (Å²) in [4.78, 5) is 16.4. The van der Waals surface area contributed by atoms with Gasteiger partial charge in [-0.2, -0.15) is 5.10 Å². The predicted molar refractivity (Wildman–Crippen MR) is 115 cm³/mol. The highest BCUT2D eigenvalue weighted by molar-refractivity contribution is 9.10. The van der Waals surface area contributed by atoms with Crippen LogP contribution in [0.2, 0.25) is 0 Å². The molecule has 3 rings (SSSR count). The highest BCUT2D eigenvalue weighted by Crippen LogP contribution is 2.29. The molecule has 0 radical (unpaired) electrons. The lowest BCUT2D eigenvalue weighted by molar-refractivity contribution is -0.111. The number of carbonyl (C=O) groups excluding carboxylic acids is 1. The van der Waals surface area contributed by atoms with Crippen molar-refractivity contribution in [3.8, 4) is 17.2 Å². The molecule has 0 aliphatic rings.